The van der Waals surface area contributed by atoms with E-state index in [-0.39, 0.29) is 12.4 Å². The van der Waals surface area contributed by atoms with Crippen LogP contribution >= 0.6 is 0 Å². The molecule has 1 saturated heterocycles. The van der Waals surface area contributed by atoms with Crippen molar-refractivity contribution in [2.45, 2.75) is 18.4 Å². The van der Waals surface area contributed by atoms with Gasteiger partial charge >= 0.3 is 0 Å². The lowest BCUT2D eigenvalue weighted by atomic mass is 9.91. The number of aliphatic hydroxyl groups excluding tert-OH is 1. The van der Waals surface area contributed by atoms with Crippen molar-refractivity contribution in [1.29, 1.82) is 0 Å². The highest BCUT2D eigenvalue weighted by molar-refractivity contribution is 5.44. The van der Waals surface area contributed by atoms with E-state index in [1.807, 2.05) is 0 Å². The van der Waals surface area contributed by atoms with Gasteiger partial charge in [0.25, 0.3) is 0 Å². The molecule has 0 unspecified atom stereocenters. The number of nitrogens with one attached hydrogen (secondary N) is 1. The third-order valence-corrected chi connectivity index (χ3v) is 3.42. The van der Waals surface area contributed by atoms with Crippen LogP contribution in [0.3, 0.4) is 0 Å². The van der Waals surface area contributed by atoms with Gasteiger partial charge in [-0.15, -0.1) is 5.10 Å². The number of halogens is 1. The van der Waals surface area contributed by atoms with Crippen LogP contribution in [0.5, 0.6) is 0 Å². The molecule has 0 saturated carbocycles. The van der Waals surface area contributed by atoms with Crippen molar-refractivity contribution in [1.82, 2.24) is 14.6 Å². The lowest BCUT2D eigenvalue weighted by Crippen LogP contribution is -2.47. The topological polar surface area (TPSA) is 71.7 Å². The van der Waals surface area contributed by atoms with E-state index in [0.717, 1.165) is 0 Å². The molecule has 1 aliphatic rings. The summed E-state index contributed by atoms with van der Waals surface area (Å²) in [6.07, 6.45) is 2.64. The van der Waals surface area contributed by atoms with Crippen LogP contribution in [0.4, 0.5) is 10.3 Å². The van der Waals surface area contributed by atoms with E-state index in [1.165, 1.54) is 16.8 Å². The zero-order valence-electron chi connectivity index (χ0n) is 10.3. The van der Waals surface area contributed by atoms with Gasteiger partial charge < -0.3 is 15.2 Å². The van der Waals surface area contributed by atoms with Gasteiger partial charge in [-0.05, 0) is 25.0 Å². The molecule has 0 aliphatic carbocycles. The van der Waals surface area contributed by atoms with E-state index in [2.05, 4.69) is 15.4 Å². The Kier molecular flexibility index (Phi) is 3.08. The number of hydrogen-bond acceptors (Lipinski definition) is 5. The van der Waals surface area contributed by atoms with Gasteiger partial charge in [0.05, 0.1) is 18.3 Å². The SMILES string of the molecule is OCC1(Nc2nc3ccc(F)cn3n2)CCOCC1. The Morgan fingerprint density at radius 2 is 2.21 bits per heavy atom. The normalized spacial score (nSPS) is 18.6. The predicted molar refractivity (Wildman–Crippen MR) is 66.4 cm³/mol. The highest BCUT2D eigenvalue weighted by atomic mass is 19.1. The first-order chi connectivity index (χ1) is 9.21. The van der Waals surface area contributed by atoms with Crippen molar-refractivity contribution in [2.24, 2.45) is 0 Å². The van der Waals surface area contributed by atoms with Crippen molar-refractivity contribution in [2.75, 3.05) is 25.1 Å². The molecule has 7 heteroatoms. The molecule has 0 bridgehead atoms. The number of aromatic nitrogens is 3. The number of nitrogens with zero attached hydrogens (tertiary/aromatic N) is 3. The molecule has 0 atom stereocenters. The van der Waals surface area contributed by atoms with Gasteiger partial charge in [0.15, 0.2) is 5.65 Å². The maximum Gasteiger partial charge on any atom is 0.243 e. The summed E-state index contributed by atoms with van der Waals surface area (Å²) in [5.74, 6) is 0.0217. The van der Waals surface area contributed by atoms with E-state index < -0.39 is 5.54 Å². The maximum absolute atomic E-state index is 13.1. The summed E-state index contributed by atoms with van der Waals surface area (Å²) in [6.45, 7) is 1.17. The van der Waals surface area contributed by atoms with Crippen molar-refractivity contribution in [3.8, 4) is 0 Å². The van der Waals surface area contributed by atoms with Gasteiger partial charge in [0, 0.05) is 13.2 Å². The first-order valence-corrected chi connectivity index (χ1v) is 6.20. The fraction of sp³-hybridized carbons (Fsp3) is 0.500. The minimum atomic E-state index is -0.457. The van der Waals surface area contributed by atoms with Crippen molar-refractivity contribution in [3.63, 3.8) is 0 Å². The molecule has 3 heterocycles. The second-order valence-corrected chi connectivity index (χ2v) is 4.76. The number of rotatable bonds is 3. The van der Waals surface area contributed by atoms with Gasteiger partial charge in [0.2, 0.25) is 5.95 Å². The number of fused-ring (bicyclic) bond motifs is 1. The Balaban J connectivity index is 1.87. The Bertz CT molecular complexity index is 580. The van der Waals surface area contributed by atoms with E-state index >= 15 is 0 Å². The fourth-order valence-electron chi connectivity index (χ4n) is 2.23. The number of anilines is 1. The molecule has 3 rings (SSSR count). The molecule has 19 heavy (non-hydrogen) atoms. The average Bonchev–Trinajstić information content (AvgIpc) is 2.81. The zero-order valence-corrected chi connectivity index (χ0v) is 10.3. The maximum atomic E-state index is 13.1. The molecular weight excluding hydrogens is 251 g/mol. The molecule has 6 nitrogen and oxygen atoms in total. The first kappa shape index (κ1) is 12.3. The highest BCUT2D eigenvalue weighted by Crippen LogP contribution is 2.24. The van der Waals surface area contributed by atoms with Gasteiger partial charge in [-0.3, -0.25) is 0 Å². The molecule has 0 amide bonds. The predicted octanol–water partition coefficient (Wildman–Crippen LogP) is 0.822. The Morgan fingerprint density at radius 3 is 2.95 bits per heavy atom. The second kappa shape index (κ2) is 4.75. The van der Waals surface area contributed by atoms with Crippen LogP contribution in [0.1, 0.15) is 12.8 Å². The van der Waals surface area contributed by atoms with Crippen molar-refractivity contribution < 1.29 is 14.2 Å². The minimum Gasteiger partial charge on any atom is -0.394 e. The number of ether oxygens (including phenoxy) is 1. The van der Waals surface area contributed by atoms with Crippen LogP contribution in [-0.4, -0.2) is 45.1 Å². The summed E-state index contributed by atoms with van der Waals surface area (Å²) < 4.78 is 19.7. The summed E-state index contributed by atoms with van der Waals surface area (Å²) in [5, 5.41) is 16.9. The average molecular weight is 266 g/mol. The molecule has 0 radical (unpaired) electrons. The summed E-state index contributed by atoms with van der Waals surface area (Å²) in [7, 11) is 0. The molecule has 2 aromatic rings. The molecular formula is C12H15FN4O2. The smallest absolute Gasteiger partial charge is 0.243 e. The molecule has 2 aromatic heterocycles. The number of hydrogen-bond donors (Lipinski definition) is 2. The minimum absolute atomic E-state index is 0.0136. The third kappa shape index (κ3) is 2.39. The zero-order chi connectivity index (χ0) is 13.3. The second-order valence-electron chi connectivity index (χ2n) is 4.76. The van der Waals surface area contributed by atoms with Gasteiger partial charge in [-0.1, -0.05) is 0 Å². The fourth-order valence-corrected chi connectivity index (χ4v) is 2.23. The largest absolute Gasteiger partial charge is 0.394 e. The molecule has 0 aromatic carbocycles. The van der Waals surface area contributed by atoms with E-state index in [4.69, 9.17) is 4.74 Å². The molecule has 102 valence electrons. The first-order valence-electron chi connectivity index (χ1n) is 6.20. The lowest BCUT2D eigenvalue weighted by molar-refractivity contribution is 0.0377. The molecule has 2 N–H and O–H groups in total. The van der Waals surface area contributed by atoms with Crippen LogP contribution in [0.15, 0.2) is 18.3 Å². The Morgan fingerprint density at radius 1 is 1.42 bits per heavy atom. The number of pyridine rings is 1. The molecule has 1 fully saturated rings. The van der Waals surface area contributed by atoms with Crippen molar-refractivity contribution in [3.05, 3.63) is 24.1 Å². The van der Waals surface area contributed by atoms with Crippen molar-refractivity contribution >= 4 is 11.6 Å². The van der Waals surface area contributed by atoms with E-state index in [1.54, 1.807) is 6.07 Å². The Labute approximate surface area is 109 Å². The van der Waals surface area contributed by atoms with Crippen LogP contribution in [-0.2, 0) is 4.74 Å². The monoisotopic (exact) mass is 266 g/mol. The number of aliphatic hydroxyl groups is 1. The van der Waals surface area contributed by atoms with E-state index in [9.17, 15) is 9.50 Å². The molecule has 1 aliphatic heterocycles. The van der Waals surface area contributed by atoms with Crippen LogP contribution in [0, 0.1) is 5.82 Å². The van der Waals surface area contributed by atoms with Gasteiger partial charge in [-0.25, -0.2) is 8.91 Å². The van der Waals surface area contributed by atoms with Gasteiger partial charge in [0.1, 0.15) is 5.82 Å². The van der Waals surface area contributed by atoms with E-state index in [0.29, 0.717) is 37.7 Å². The lowest BCUT2D eigenvalue weighted by Gasteiger charge is -2.35. The summed E-state index contributed by atoms with van der Waals surface area (Å²) in [6, 6.07) is 2.90. The van der Waals surface area contributed by atoms with Crippen LogP contribution in [0.2, 0.25) is 0 Å². The van der Waals surface area contributed by atoms with Crippen LogP contribution in [0.25, 0.3) is 5.65 Å². The summed E-state index contributed by atoms with van der Waals surface area (Å²) in [5.41, 5.74) is 0.103. The quantitative estimate of drug-likeness (QED) is 0.860. The van der Waals surface area contributed by atoms with Crippen LogP contribution < -0.4 is 5.32 Å². The Hall–Kier alpha value is -1.73. The summed E-state index contributed by atoms with van der Waals surface area (Å²) >= 11 is 0. The highest BCUT2D eigenvalue weighted by Gasteiger charge is 2.32. The van der Waals surface area contributed by atoms with Gasteiger partial charge in [-0.2, -0.15) is 4.98 Å². The molecule has 0 spiro atoms. The summed E-state index contributed by atoms with van der Waals surface area (Å²) in [4.78, 5) is 4.26. The standard InChI is InChI=1S/C12H15FN4O2/c13-9-1-2-10-14-11(16-17(10)7-9)15-12(8-18)3-5-19-6-4-12/h1-2,7,18H,3-6,8H2,(H,15,16). The third-order valence-electron chi connectivity index (χ3n) is 3.42.